The minimum Gasteiger partial charge on any atom is -0.342 e. The summed E-state index contributed by atoms with van der Waals surface area (Å²) in [6, 6.07) is 0. The van der Waals surface area contributed by atoms with Crippen molar-refractivity contribution in [1.29, 1.82) is 0 Å². The topological polar surface area (TPSA) is 66.1 Å². The maximum Gasteiger partial charge on any atom is 0.259 e. The number of aryl methyl sites for hydroxylation is 3. The van der Waals surface area contributed by atoms with E-state index in [1.165, 1.54) is 23.3 Å². The number of likely N-dealkylation sites (tertiary alicyclic amines) is 1. The average Bonchev–Trinajstić information content (AvgIpc) is 2.97. The second-order valence-electron chi connectivity index (χ2n) is 8.15. The van der Waals surface area contributed by atoms with Gasteiger partial charge in [-0.05, 0) is 49.5 Å². The Morgan fingerprint density at radius 3 is 2.73 bits per heavy atom. The highest BCUT2D eigenvalue weighted by Crippen LogP contribution is 2.33. The minimum absolute atomic E-state index is 0.0305. The van der Waals surface area contributed by atoms with Gasteiger partial charge in [0.15, 0.2) is 0 Å². The number of thiophene rings is 1. The van der Waals surface area contributed by atoms with Gasteiger partial charge < -0.3 is 9.88 Å². The minimum atomic E-state index is -0.0305. The zero-order chi connectivity index (χ0) is 18.3. The van der Waals surface area contributed by atoms with E-state index >= 15 is 0 Å². The highest BCUT2D eigenvalue weighted by atomic mass is 32.1. The maximum atomic E-state index is 12.6. The van der Waals surface area contributed by atoms with Gasteiger partial charge in [0.2, 0.25) is 5.91 Å². The van der Waals surface area contributed by atoms with Gasteiger partial charge in [0, 0.05) is 30.8 Å². The van der Waals surface area contributed by atoms with E-state index in [2.05, 4.69) is 23.8 Å². The predicted molar refractivity (Wildman–Crippen MR) is 105 cm³/mol. The van der Waals surface area contributed by atoms with Gasteiger partial charge in [-0.15, -0.1) is 11.3 Å². The molecule has 2 atom stereocenters. The van der Waals surface area contributed by atoms with Gasteiger partial charge in [-0.25, -0.2) is 4.98 Å². The Morgan fingerprint density at radius 1 is 1.23 bits per heavy atom. The van der Waals surface area contributed by atoms with Gasteiger partial charge in [0.05, 0.1) is 5.39 Å². The van der Waals surface area contributed by atoms with E-state index < -0.39 is 0 Å². The number of aromatic nitrogens is 2. The van der Waals surface area contributed by atoms with Gasteiger partial charge >= 0.3 is 0 Å². The number of amides is 1. The third kappa shape index (κ3) is 3.43. The molecule has 1 amide bonds. The van der Waals surface area contributed by atoms with Crippen LogP contribution in [-0.2, 0) is 24.1 Å². The van der Waals surface area contributed by atoms with Crippen molar-refractivity contribution >= 4 is 27.5 Å². The van der Waals surface area contributed by atoms with Crippen LogP contribution in [0.2, 0.25) is 0 Å². The molecule has 2 aliphatic rings. The Balaban J connectivity index is 1.49. The molecule has 26 heavy (non-hydrogen) atoms. The van der Waals surface area contributed by atoms with Crippen LogP contribution in [0.15, 0.2) is 4.79 Å². The van der Waals surface area contributed by atoms with Crippen molar-refractivity contribution in [2.45, 2.75) is 58.8 Å². The van der Waals surface area contributed by atoms with E-state index in [0.717, 1.165) is 42.6 Å². The smallest absolute Gasteiger partial charge is 0.259 e. The van der Waals surface area contributed by atoms with E-state index in [0.29, 0.717) is 30.5 Å². The standard InChI is InChI=1S/C20H27N3O2S/c1-12-9-13(2)11-23(10-12)17(24)8-7-16-21-19(25)18-14-5-3-4-6-15(14)26-20(18)22-16/h12-13H,3-11H2,1-2H3,(H,21,22,25)/t12-,13-/m1/s1. The summed E-state index contributed by atoms with van der Waals surface area (Å²) in [5.74, 6) is 1.95. The molecule has 1 N–H and O–H groups in total. The van der Waals surface area contributed by atoms with E-state index in [4.69, 9.17) is 0 Å². The summed E-state index contributed by atoms with van der Waals surface area (Å²) in [6.07, 6.45) is 6.52. The molecule has 6 heteroatoms. The van der Waals surface area contributed by atoms with Crippen LogP contribution < -0.4 is 5.56 Å². The first-order chi connectivity index (χ1) is 12.5. The zero-order valence-electron chi connectivity index (χ0n) is 15.6. The quantitative estimate of drug-likeness (QED) is 0.898. The number of aromatic amines is 1. The second-order valence-corrected chi connectivity index (χ2v) is 9.23. The number of nitrogens with one attached hydrogen (secondary N) is 1. The molecular weight excluding hydrogens is 346 g/mol. The average molecular weight is 374 g/mol. The first kappa shape index (κ1) is 17.7. The number of hydrogen-bond acceptors (Lipinski definition) is 4. The van der Waals surface area contributed by atoms with Crippen LogP contribution in [0.25, 0.3) is 10.2 Å². The Kier molecular flexibility index (Phi) is 4.86. The molecule has 0 saturated carbocycles. The molecular formula is C20H27N3O2S. The molecule has 5 nitrogen and oxygen atoms in total. The fraction of sp³-hybridized carbons (Fsp3) is 0.650. The highest BCUT2D eigenvalue weighted by molar-refractivity contribution is 7.18. The van der Waals surface area contributed by atoms with Gasteiger partial charge in [-0.1, -0.05) is 13.8 Å². The molecule has 0 unspecified atom stereocenters. The molecule has 1 fully saturated rings. The van der Waals surface area contributed by atoms with Crippen LogP contribution >= 0.6 is 11.3 Å². The van der Waals surface area contributed by atoms with Crippen LogP contribution in [0.5, 0.6) is 0 Å². The number of H-pyrrole nitrogens is 1. The normalized spacial score (nSPS) is 23.2. The van der Waals surface area contributed by atoms with Crippen molar-refractivity contribution in [2.24, 2.45) is 11.8 Å². The number of hydrogen-bond donors (Lipinski definition) is 1. The molecule has 0 spiro atoms. The number of fused-ring (bicyclic) bond motifs is 3. The largest absolute Gasteiger partial charge is 0.342 e. The summed E-state index contributed by atoms with van der Waals surface area (Å²) in [4.78, 5) is 36.9. The van der Waals surface area contributed by atoms with Crippen LogP contribution in [0, 0.1) is 11.8 Å². The van der Waals surface area contributed by atoms with E-state index in [9.17, 15) is 9.59 Å². The molecule has 1 aliphatic heterocycles. The van der Waals surface area contributed by atoms with Crippen LogP contribution in [0.4, 0.5) is 0 Å². The highest BCUT2D eigenvalue weighted by Gasteiger charge is 2.25. The maximum absolute atomic E-state index is 12.6. The van der Waals surface area contributed by atoms with Crippen molar-refractivity contribution in [3.8, 4) is 0 Å². The molecule has 4 rings (SSSR count). The summed E-state index contributed by atoms with van der Waals surface area (Å²) in [6.45, 7) is 6.12. The summed E-state index contributed by atoms with van der Waals surface area (Å²) in [5.41, 5.74) is 1.18. The molecule has 1 saturated heterocycles. The third-order valence-corrected chi connectivity index (χ3v) is 6.86. The summed E-state index contributed by atoms with van der Waals surface area (Å²) < 4.78 is 0. The first-order valence-electron chi connectivity index (χ1n) is 9.82. The number of rotatable bonds is 3. The lowest BCUT2D eigenvalue weighted by Gasteiger charge is -2.35. The zero-order valence-corrected chi connectivity index (χ0v) is 16.5. The summed E-state index contributed by atoms with van der Waals surface area (Å²) >= 11 is 1.66. The molecule has 0 radical (unpaired) electrons. The molecule has 2 aromatic heterocycles. The molecule has 3 heterocycles. The lowest BCUT2D eigenvalue weighted by molar-refractivity contribution is -0.133. The Bertz CT molecular complexity index is 875. The summed E-state index contributed by atoms with van der Waals surface area (Å²) in [7, 11) is 0. The third-order valence-electron chi connectivity index (χ3n) is 5.67. The van der Waals surface area contributed by atoms with Gasteiger partial charge in [-0.3, -0.25) is 9.59 Å². The lowest BCUT2D eigenvalue weighted by atomic mass is 9.91. The van der Waals surface area contributed by atoms with Crippen molar-refractivity contribution in [3.63, 3.8) is 0 Å². The fourth-order valence-corrected chi connectivity index (χ4v) is 5.86. The number of piperidine rings is 1. The van der Waals surface area contributed by atoms with Crippen LogP contribution in [0.3, 0.4) is 0 Å². The molecule has 0 aromatic carbocycles. The molecule has 2 aromatic rings. The Hall–Kier alpha value is -1.69. The first-order valence-corrected chi connectivity index (χ1v) is 10.6. The van der Waals surface area contributed by atoms with Crippen molar-refractivity contribution in [1.82, 2.24) is 14.9 Å². The van der Waals surface area contributed by atoms with Crippen LogP contribution in [-0.4, -0.2) is 33.9 Å². The Morgan fingerprint density at radius 2 is 1.96 bits per heavy atom. The van der Waals surface area contributed by atoms with E-state index in [-0.39, 0.29) is 11.5 Å². The molecule has 1 aliphatic carbocycles. The number of carbonyl (C=O) groups is 1. The SMILES string of the molecule is C[C@@H]1C[C@@H](C)CN(C(=O)CCc2nc3sc4c(c3c(=O)[nH]2)CCCC4)C1. The number of nitrogens with zero attached hydrogens (tertiary/aromatic N) is 2. The van der Waals surface area contributed by atoms with Gasteiger partial charge in [0.25, 0.3) is 5.56 Å². The van der Waals surface area contributed by atoms with E-state index in [1.807, 2.05) is 4.90 Å². The Labute approximate surface area is 157 Å². The predicted octanol–water partition coefficient (Wildman–Crippen LogP) is 3.30. The van der Waals surface area contributed by atoms with Crippen molar-refractivity contribution in [3.05, 3.63) is 26.6 Å². The molecule has 140 valence electrons. The molecule has 0 bridgehead atoms. The fourth-order valence-electron chi connectivity index (χ4n) is 4.58. The van der Waals surface area contributed by atoms with Crippen molar-refractivity contribution < 1.29 is 4.79 Å². The van der Waals surface area contributed by atoms with Crippen molar-refractivity contribution in [2.75, 3.05) is 13.1 Å². The monoisotopic (exact) mass is 373 g/mol. The van der Waals surface area contributed by atoms with Crippen LogP contribution in [0.1, 0.15) is 55.8 Å². The number of carbonyl (C=O) groups excluding carboxylic acids is 1. The lowest BCUT2D eigenvalue weighted by Crippen LogP contribution is -2.42. The van der Waals surface area contributed by atoms with E-state index in [1.54, 1.807) is 11.3 Å². The second kappa shape index (κ2) is 7.14. The van der Waals surface area contributed by atoms with Gasteiger partial charge in [-0.2, -0.15) is 0 Å². The van der Waals surface area contributed by atoms with Gasteiger partial charge in [0.1, 0.15) is 10.7 Å². The summed E-state index contributed by atoms with van der Waals surface area (Å²) in [5, 5.41) is 0.790.